The minimum Gasteiger partial charge on any atom is -0.542 e. The Kier molecular flexibility index (Phi) is 3.56. The molecular formula is C11H18N2O3Si. The maximum absolute atomic E-state index is 10.6. The first-order chi connectivity index (χ1) is 7.63. The lowest BCUT2D eigenvalue weighted by molar-refractivity contribution is -0.385. The van der Waals surface area contributed by atoms with Gasteiger partial charge in [-0.3, -0.25) is 15.1 Å². The first-order valence-corrected chi connectivity index (χ1v) is 8.33. The summed E-state index contributed by atoms with van der Waals surface area (Å²) in [5.74, 6) is 0.478. The molecule has 0 bridgehead atoms. The zero-order valence-corrected chi connectivity index (χ0v) is 11.9. The van der Waals surface area contributed by atoms with Crippen LogP contribution in [0, 0.1) is 10.1 Å². The van der Waals surface area contributed by atoms with Gasteiger partial charge in [0, 0.05) is 0 Å². The predicted octanol–water partition coefficient (Wildman–Crippen LogP) is 3.37. The highest BCUT2D eigenvalue weighted by Crippen LogP contribution is 2.37. The third kappa shape index (κ3) is 3.26. The Bertz CT molecular complexity index is 427. The van der Waals surface area contributed by atoms with Gasteiger partial charge in [-0.2, -0.15) is 0 Å². The average molecular weight is 254 g/mol. The fraction of sp³-hybridized carbons (Fsp3) is 0.545. The van der Waals surface area contributed by atoms with Crippen molar-refractivity contribution in [2.45, 2.75) is 38.9 Å². The lowest BCUT2D eigenvalue weighted by Crippen LogP contribution is -2.43. The highest BCUT2D eigenvalue weighted by Gasteiger charge is 2.39. The molecule has 0 aromatic carbocycles. The van der Waals surface area contributed by atoms with Crippen LogP contribution in [0.3, 0.4) is 0 Å². The van der Waals surface area contributed by atoms with Crippen LogP contribution in [0.4, 0.5) is 5.69 Å². The molecule has 0 saturated heterocycles. The van der Waals surface area contributed by atoms with Gasteiger partial charge in [-0.05, 0) is 18.1 Å². The number of rotatable bonds is 3. The van der Waals surface area contributed by atoms with Crippen molar-refractivity contribution < 1.29 is 9.35 Å². The highest BCUT2D eigenvalue weighted by molar-refractivity contribution is 6.74. The van der Waals surface area contributed by atoms with Crippen LogP contribution in [0.1, 0.15) is 20.8 Å². The van der Waals surface area contributed by atoms with Gasteiger partial charge in [0.1, 0.15) is 11.9 Å². The second-order valence-corrected chi connectivity index (χ2v) is 10.2. The molecular weight excluding hydrogens is 236 g/mol. The van der Waals surface area contributed by atoms with Crippen molar-refractivity contribution >= 4 is 14.0 Å². The van der Waals surface area contributed by atoms with Crippen LogP contribution in [0.2, 0.25) is 18.1 Å². The third-order valence-corrected chi connectivity index (χ3v) is 7.45. The van der Waals surface area contributed by atoms with Crippen molar-refractivity contribution in [2.75, 3.05) is 0 Å². The van der Waals surface area contributed by atoms with E-state index in [9.17, 15) is 10.1 Å². The number of nitro groups is 1. The van der Waals surface area contributed by atoms with Gasteiger partial charge in [0.15, 0.2) is 0 Å². The molecule has 0 saturated carbocycles. The molecule has 0 radical (unpaired) electrons. The summed E-state index contributed by atoms with van der Waals surface area (Å²) in [6.07, 6.45) is 2.74. The number of pyridine rings is 1. The molecule has 5 nitrogen and oxygen atoms in total. The van der Waals surface area contributed by atoms with Gasteiger partial charge in [0.05, 0.1) is 17.2 Å². The Morgan fingerprint density at radius 1 is 1.35 bits per heavy atom. The second-order valence-electron chi connectivity index (χ2n) is 5.50. The Hall–Kier alpha value is -1.43. The minimum atomic E-state index is -1.97. The summed E-state index contributed by atoms with van der Waals surface area (Å²) in [4.78, 5) is 14.0. The molecule has 17 heavy (non-hydrogen) atoms. The lowest BCUT2D eigenvalue weighted by atomic mass is 10.2. The maximum Gasteiger partial charge on any atom is 0.291 e. The molecule has 0 spiro atoms. The van der Waals surface area contributed by atoms with Gasteiger partial charge in [-0.15, -0.1) is 0 Å². The van der Waals surface area contributed by atoms with E-state index in [0.717, 1.165) is 0 Å². The molecule has 1 aromatic rings. The molecule has 0 amide bonds. The van der Waals surface area contributed by atoms with E-state index in [-0.39, 0.29) is 10.7 Å². The average Bonchev–Trinajstić information content (AvgIpc) is 2.15. The van der Waals surface area contributed by atoms with Crippen molar-refractivity contribution in [3.63, 3.8) is 0 Å². The summed E-state index contributed by atoms with van der Waals surface area (Å²) in [6, 6.07) is 1.42. The minimum absolute atomic E-state index is 0.0405. The van der Waals surface area contributed by atoms with E-state index in [0.29, 0.717) is 5.75 Å². The summed E-state index contributed by atoms with van der Waals surface area (Å²) < 4.78 is 5.93. The lowest BCUT2D eigenvalue weighted by Gasteiger charge is -2.36. The molecule has 1 heterocycles. The Labute approximate surface area is 102 Å². The van der Waals surface area contributed by atoms with Gasteiger partial charge in [-0.25, -0.2) is 0 Å². The number of hydrogen-bond acceptors (Lipinski definition) is 4. The molecule has 1 rings (SSSR count). The largest absolute Gasteiger partial charge is 0.542 e. The van der Waals surface area contributed by atoms with E-state index in [4.69, 9.17) is 4.43 Å². The number of aromatic nitrogens is 1. The topological polar surface area (TPSA) is 65.3 Å². The number of nitrogens with zero attached hydrogens (tertiary/aromatic N) is 2. The zero-order chi connectivity index (χ0) is 13.3. The van der Waals surface area contributed by atoms with Crippen LogP contribution >= 0.6 is 0 Å². The Morgan fingerprint density at radius 3 is 2.41 bits per heavy atom. The molecule has 0 atom stereocenters. The van der Waals surface area contributed by atoms with E-state index < -0.39 is 13.2 Å². The smallest absolute Gasteiger partial charge is 0.291 e. The van der Waals surface area contributed by atoms with Crippen LogP contribution in [0.25, 0.3) is 0 Å². The SMILES string of the molecule is CC(C)(C)[Si](C)(C)Oc1cncc([N+](=O)[O-])c1. The van der Waals surface area contributed by atoms with Gasteiger partial charge < -0.3 is 4.43 Å². The first-order valence-electron chi connectivity index (χ1n) is 5.42. The van der Waals surface area contributed by atoms with E-state index in [1.54, 1.807) is 0 Å². The van der Waals surface area contributed by atoms with Crippen LogP contribution in [0.5, 0.6) is 5.75 Å². The molecule has 0 unspecified atom stereocenters. The van der Waals surface area contributed by atoms with E-state index in [2.05, 4.69) is 38.8 Å². The van der Waals surface area contributed by atoms with Crippen molar-refractivity contribution in [3.05, 3.63) is 28.6 Å². The summed E-state index contributed by atoms with van der Waals surface area (Å²) in [6.45, 7) is 10.5. The first kappa shape index (κ1) is 13.6. The van der Waals surface area contributed by atoms with Gasteiger partial charge in [0.2, 0.25) is 0 Å². The quantitative estimate of drug-likeness (QED) is 0.471. The summed E-state index contributed by atoms with van der Waals surface area (Å²) in [7, 11) is -1.97. The number of hydrogen-bond donors (Lipinski definition) is 0. The highest BCUT2D eigenvalue weighted by atomic mass is 28.4. The maximum atomic E-state index is 10.6. The van der Waals surface area contributed by atoms with Gasteiger partial charge in [-0.1, -0.05) is 20.8 Å². The van der Waals surface area contributed by atoms with Crippen LogP contribution < -0.4 is 4.43 Å². The molecule has 94 valence electrons. The fourth-order valence-electron chi connectivity index (χ4n) is 1.01. The van der Waals surface area contributed by atoms with E-state index >= 15 is 0 Å². The zero-order valence-electron chi connectivity index (χ0n) is 10.9. The Balaban J connectivity index is 2.96. The summed E-state index contributed by atoms with van der Waals surface area (Å²) in [5.41, 5.74) is -0.0405. The van der Waals surface area contributed by atoms with Gasteiger partial charge in [0.25, 0.3) is 14.0 Å². The molecule has 0 N–H and O–H groups in total. The van der Waals surface area contributed by atoms with Crippen LogP contribution in [0.15, 0.2) is 18.5 Å². The van der Waals surface area contributed by atoms with Gasteiger partial charge >= 0.3 is 0 Å². The molecule has 6 heteroatoms. The van der Waals surface area contributed by atoms with E-state index in [1.165, 1.54) is 18.5 Å². The predicted molar refractivity (Wildman–Crippen MR) is 68.7 cm³/mol. The molecule has 0 aliphatic rings. The van der Waals surface area contributed by atoms with Crippen molar-refractivity contribution in [1.82, 2.24) is 4.98 Å². The summed E-state index contributed by atoms with van der Waals surface area (Å²) in [5, 5.41) is 10.7. The normalized spacial score (nSPS) is 12.3. The van der Waals surface area contributed by atoms with Crippen molar-refractivity contribution in [2.24, 2.45) is 0 Å². The fourth-order valence-corrected chi connectivity index (χ4v) is 2.02. The standard InChI is InChI=1S/C11H18N2O3Si/c1-11(2,3)17(4,5)16-10-6-9(13(14)15)7-12-8-10/h6-8H,1-5H3. The van der Waals surface area contributed by atoms with Crippen molar-refractivity contribution in [3.8, 4) is 5.75 Å². The van der Waals surface area contributed by atoms with Crippen LogP contribution in [-0.4, -0.2) is 18.2 Å². The Morgan fingerprint density at radius 2 is 1.94 bits per heavy atom. The van der Waals surface area contributed by atoms with E-state index in [1.807, 2.05) is 0 Å². The molecule has 0 aliphatic carbocycles. The molecule has 0 fully saturated rings. The summed E-state index contributed by atoms with van der Waals surface area (Å²) >= 11 is 0. The van der Waals surface area contributed by atoms with Crippen molar-refractivity contribution in [1.29, 1.82) is 0 Å². The van der Waals surface area contributed by atoms with Crippen LogP contribution in [-0.2, 0) is 0 Å². The molecule has 0 aliphatic heterocycles. The third-order valence-electron chi connectivity index (χ3n) is 3.09. The molecule has 1 aromatic heterocycles. The monoisotopic (exact) mass is 254 g/mol. The second kappa shape index (κ2) is 4.44.